The first-order chi connectivity index (χ1) is 12.5. The number of hydrogen-bond acceptors (Lipinski definition) is 3. The van der Waals surface area contributed by atoms with Gasteiger partial charge >= 0.3 is 0 Å². The Balaban J connectivity index is 0.000000948. The van der Waals surface area contributed by atoms with Crippen molar-refractivity contribution in [2.24, 2.45) is 13.0 Å². The zero-order chi connectivity index (χ0) is 18.9. The van der Waals surface area contributed by atoms with E-state index in [0.717, 1.165) is 24.8 Å². The number of aromatic nitrogens is 2. The van der Waals surface area contributed by atoms with Gasteiger partial charge in [-0.05, 0) is 25.2 Å². The second-order valence-corrected chi connectivity index (χ2v) is 7.28. The van der Waals surface area contributed by atoms with Crippen molar-refractivity contribution in [2.45, 2.75) is 51.9 Å². The van der Waals surface area contributed by atoms with Gasteiger partial charge in [-0.25, -0.2) is 0 Å². The molecule has 138 valence electrons. The van der Waals surface area contributed by atoms with Gasteiger partial charge in [0.1, 0.15) is 0 Å². The van der Waals surface area contributed by atoms with Crippen molar-refractivity contribution in [1.82, 2.24) is 9.78 Å². The first-order valence-electron chi connectivity index (χ1n) is 9.53. The van der Waals surface area contributed by atoms with E-state index in [1.54, 1.807) is 0 Å². The molecule has 1 aromatic heterocycles. The Morgan fingerprint density at radius 1 is 1.27 bits per heavy atom. The summed E-state index contributed by atoms with van der Waals surface area (Å²) in [4.78, 5) is 12.2. The molecule has 0 spiro atoms. The Morgan fingerprint density at radius 2 is 1.96 bits per heavy atom. The van der Waals surface area contributed by atoms with Crippen LogP contribution in [0.15, 0.2) is 42.2 Å². The predicted molar refractivity (Wildman–Crippen MR) is 104 cm³/mol. The average molecular weight is 352 g/mol. The van der Waals surface area contributed by atoms with E-state index in [2.05, 4.69) is 19.1 Å². The zero-order valence-corrected chi connectivity index (χ0v) is 16.1. The molecule has 0 amide bonds. The monoisotopic (exact) mass is 352 g/mol. The Morgan fingerprint density at radius 3 is 2.62 bits per heavy atom. The smallest absolute Gasteiger partial charge is 0.162 e. The Labute approximate surface area is 155 Å². The third kappa shape index (κ3) is 2.77. The van der Waals surface area contributed by atoms with Gasteiger partial charge in [0, 0.05) is 35.6 Å². The SMILES string of the molecule is CC.Cn1nc2c(c1-c1ccccc1)CCC1CC(=O)/C(=C\O)CC21C. The van der Waals surface area contributed by atoms with Gasteiger partial charge in [0.15, 0.2) is 5.78 Å². The van der Waals surface area contributed by atoms with Crippen molar-refractivity contribution in [3.05, 3.63) is 53.4 Å². The summed E-state index contributed by atoms with van der Waals surface area (Å²) in [6.45, 7) is 6.20. The van der Waals surface area contributed by atoms with Crippen molar-refractivity contribution in [3.63, 3.8) is 0 Å². The highest BCUT2D eigenvalue weighted by Gasteiger charge is 2.48. The third-order valence-corrected chi connectivity index (χ3v) is 5.88. The fourth-order valence-corrected chi connectivity index (χ4v) is 4.57. The maximum atomic E-state index is 12.2. The van der Waals surface area contributed by atoms with Gasteiger partial charge in [-0.2, -0.15) is 5.10 Å². The van der Waals surface area contributed by atoms with Crippen molar-refractivity contribution in [1.29, 1.82) is 0 Å². The maximum absolute atomic E-state index is 12.2. The summed E-state index contributed by atoms with van der Waals surface area (Å²) in [5, 5.41) is 14.3. The van der Waals surface area contributed by atoms with Crippen LogP contribution in [-0.4, -0.2) is 20.7 Å². The van der Waals surface area contributed by atoms with Gasteiger partial charge in [0.2, 0.25) is 0 Å². The molecule has 0 saturated heterocycles. The van der Waals surface area contributed by atoms with Crippen LogP contribution in [0.1, 0.15) is 51.3 Å². The van der Waals surface area contributed by atoms with Gasteiger partial charge < -0.3 is 5.11 Å². The Bertz CT molecular complexity index is 835. The highest BCUT2D eigenvalue weighted by Crippen LogP contribution is 2.51. The number of carbonyl (C=O) groups excluding carboxylic acids is 1. The van der Waals surface area contributed by atoms with Crippen LogP contribution in [0.3, 0.4) is 0 Å². The van der Waals surface area contributed by atoms with E-state index in [1.165, 1.54) is 16.8 Å². The van der Waals surface area contributed by atoms with E-state index in [9.17, 15) is 9.90 Å². The fourth-order valence-electron chi connectivity index (χ4n) is 4.57. The number of nitrogens with zero attached hydrogens (tertiary/aromatic N) is 2. The van der Waals surface area contributed by atoms with Gasteiger partial charge in [0.25, 0.3) is 0 Å². The van der Waals surface area contributed by atoms with Gasteiger partial charge in [0.05, 0.1) is 17.6 Å². The van der Waals surface area contributed by atoms with Crippen molar-refractivity contribution in [3.8, 4) is 11.3 Å². The molecule has 1 aromatic carbocycles. The molecule has 2 aromatic rings. The van der Waals surface area contributed by atoms with E-state index in [0.29, 0.717) is 24.3 Å². The lowest BCUT2D eigenvalue weighted by Crippen LogP contribution is -2.43. The minimum absolute atomic E-state index is 0.0858. The molecule has 26 heavy (non-hydrogen) atoms. The molecule has 2 aliphatic carbocycles. The summed E-state index contributed by atoms with van der Waals surface area (Å²) in [7, 11) is 2.00. The van der Waals surface area contributed by atoms with Gasteiger partial charge in [-0.1, -0.05) is 51.1 Å². The zero-order valence-electron chi connectivity index (χ0n) is 16.1. The number of hydrogen-bond donors (Lipinski definition) is 1. The van der Waals surface area contributed by atoms with Crippen LogP contribution in [0, 0.1) is 5.92 Å². The summed E-state index contributed by atoms with van der Waals surface area (Å²) in [5.74, 6) is 0.391. The topological polar surface area (TPSA) is 55.1 Å². The first-order valence-corrected chi connectivity index (χ1v) is 9.53. The largest absolute Gasteiger partial charge is 0.515 e. The molecule has 4 nitrogen and oxygen atoms in total. The Kier molecular flexibility index (Phi) is 5.03. The fraction of sp³-hybridized carbons (Fsp3) is 0.455. The summed E-state index contributed by atoms with van der Waals surface area (Å²) in [6.07, 6.45) is 4.04. The number of ketones is 1. The number of aryl methyl sites for hydroxylation is 1. The molecule has 1 heterocycles. The molecule has 2 aliphatic rings. The number of allylic oxidation sites excluding steroid dienone is 1. The molecule has 0 bridgehead atoms. The molecule has 4 heteroatoms. The molecular formula is C22H28N2O2. The van der Waals surface area contributed by atoms with Gasteiger partial charge in [-0.15, -0.1) is 0 Å². The summed E-state index contributed by atoms with van der Waals surface area (Å²) < 4.78 is 1.98. The van der Waals surface area contributed by atoms with E-state index < -0.39 is 0 Å². The molecule has 1 N–H and O–H groups in total. The Hall–Kier alpha value is -2.36. The first kappa shape index (κ1) is 18.4. The minimum atomic E-state index is -0.180. The van der Waals surface area contributed by atoms with Crippen LogP contribution in [0.2, 0.25) is 0 Å². The van der Waals surface area contributed by atoms with E-state index >= 15 is 0 Å². The maximum Gasteiger partial charge on any atom is 0.162 e. The van der Waals surface area contributed by atoms with Crippen LogP contribution >= 0.6 is 0 Å². The van der Waals surface area contributed by atoms with E-state index in [1.807, 2.05) is 43.8 Å². The van der Waals surface area contributed by atoms with E-state index in [4.69, 9.17) is 5.10 Å². The lowest BCUT2D eigenvalue weighted by atomic mass is 9.59. The summed E-state index contributed by atoms with van der Waals surface area (Å²) in [6, 6.07) is 10.4. The average Bonchev–Trinajstić information content (AvgIpc) is 3.01. The predicted octanol–water partition coefficient (Wildman–Crippen LogP) is 4.74. The van der Waals surface area contributed by atoms with Gasteiger partial charge in [-0.3, -0.25) is 9.48 Å². The third-order valence-electron chi connectivity index (χ3n) is 5.88. The second kappa shape index (κ2) is 7.10. The van der Waals surface area contributed by atoms with Crippen LogP contribution in [0.5, 0.6) is 0 Å². The second-order valence-electron chi connectivity index (χ2n) is 7.28. The number of benzene rings is 1. The summed E-state index contributed by atoms with van der Waals surface area (Å²) in [5.41, 5.74) is 5.12. The molecule has 2 unspecified atom stereocenters. The van der Waals surface area contributed by atoms with Crippen LogP contribution in [0.4, 0.5) is 0 Å². The highest BCUT2D eigenvalue weighted by atomic mass is 16.2. The molecule has 1 saturated carbocycles. The number of aliphatic hydroxyl groups excluding tert-OH is 1. The van der Waals surface area contributed by atoms with Crippen LogP contribution in [0.25, 0.3) is 11.3 Å². The highest BCUT2D eigenvalue weighted by molar-refractivity contribution is 5.96. The molecule has 1 fully saturated rings. The van der Waals surface area contributed by atoms with Crippen molar-refractivity contribution >= 4 is 5.78 Å². The molecule has 4 rings (SSSR count). The lowest BCUT2D eigenvalue weighted by molar-refractivity contribution is -0.119. The molecule has 2 atom stereocenters. The standard InChI is InChI=1S/C20H22N2O2.C2H6/c1-20-11-14(12-23)17(24)10-15(20)8-9-16-18(22(2)21-19(16)20)13-6-4-3-5-7-13;1-2/h3-7,12,15,23H,8-11H2,1-2H3;1-2H3/b14-12-;. The molecule has 0 aliphatic heterocycles. The quantitative estimate of drug-likeness (QED) is 0.596. The number of fused-ring (bicyclic) bond motifs is 3. The molecular weight excluding hydrogens is 324 g/mol. The number of Topliss-reactive ketones (excluding diaryl/α,β-unsaturated/α-hetero) is 1. The molecule has 0 radical (unpaired) electrons. The van der Waals surface area contributed by atoms with E-state index in [-0.39, 0.29) is 11.2 Å². The van der Waals surface area contributed by atoms with Crippen molar-refractivity contribution in [2.75, 3.05) is 0 Å². The van der Waals surface area contributed by atoms with Crippen molar-refractivity contribution < 1.29 is 9.90 Å². The number of aliphatic hydroxyl groups is 1. The lowest BCUT2D eigenvalue weighted by Gasteiger charge is -2.44. The summed E-state index contributed by atoms with van der Waals surface area (Å²) >= 11 is 0. The van der Waals surface area contributed by atoms with Crippen LogP contribution < -0.4 is 0 Å². The minimum Gasteiger partial charge on any atom is -0.515 e. The van der Waals surface area contributed by atoms with Crippen LogP contribution in [-0.2, 0) is 23.7 Å². The number of rotatable bonds is 1. The normalized spacial score (nSPS) is 25.9. The number of carbonyl (C=O) groups is 1.